The van der Waals surface area contributed by atoms with Crippen LogP contribution < -0.4 is 10.2 Å². The fourth-order valence-electron chi connectivity index (χ4n) is 1.59. The number of likely N-dealkylation sites (N-methyl/N-ethyl adjacent to an activating group) is 1. The smallest absolute Gasteiger partial charge is 0.329 e. The third kappa shape index (κ3) is 4.02. The van der Waals surface area contributed by atoms with Gasteiger partial charge in [-0.25, -0.2) is 4.98 Å². The fourth-order valence-corrected chi connectivity index (χ4v) is 1.59. The molecule has 0 atom stereocenters. The van der Waals surface area contributed by atoms with Crippen molar-refractivity contribution in [1.82, 2.24) is 9.97 Å². The van der Waals surface area contributed by atoms with E-state index in [0.717, 1.165) is 0 Å². The molecule has 0 fully saturated rings. The third-order valence-electron chi connectivity index (χ3n) is 2.53. The van der Waals surface area contributed by atoms with Crippen molar-refractivity contribution in [2.75, 3.05) is 43.6 Å². The number of nitrogens with one attached hydrogen (secondary N) is 1. The molecule has 0 spiro atoms. The molecule has 0 aliphatic carbocycles. The van der Waals surface area contributed by atoms with E-state index in [1.54, 1.807) is 12.0 Å². The minimum atomic E-state index is -0.472. The summed E-state index contributed by atoms with van der Waals surface area (Å²) in [6, 6.07) is 0. The van der Waals surface area contributed by atoms with Crippen molar-refractivity contribution in [2.45, 2.75) is 13.8 Å². The number of methoxy groups -OCH3 is 1. The molecule has 0 aliphatic rings. The van der Waals surface area contributed by atoms with Crippen molar-refractivity contribution in [2.24, 2.45) is 0 Å². The van der Waals surface area contributed by atoms with Gasteiger partial charge in [0.2, 0.25) is 11.8 Å². The molecular formula is C11H19N5O3. The highest BCUT2D eigenvalue weighted by molar-refractivity contribution is 5.58. The zero-order valence-electron chi connectivity index (χ0n) is 11.4. The normalized spacial score (nSPS) is 10.3. The average Bonchev–Trinajstić information content (AvgIpc) is 2.40. The minimum absolute atomic E-state index is 0.0976. The standard InChI is InChI=1S/C11H19N5O3/c1-4-12-11-13-8-9(16(17)18)10(14-11)15(5-2)6-7-19-3/h8H,4-7H2,1-3H3,(H,12,13,14). The van der Waals surface area contributed by atoms with E-state index in [0.29, 0.717) is 38.0 Å². The van der Waals surface area contributed by atoms with E-state index in [1.807, 2.05) is 13.8 Å². The highest BCUT2D eigenvalue weighted by atomic mass is 16.6. The maximum absolute atomic E-state index is 11.0. The summed E-state index contributed by atoms with van der Waals surface area (Å²) in [5, 5.41) is 14.0. The molecular weight excluding hydrogens is 250 g/mol. The molecule has 1 rings (SSSR count). The molecule has 0 unspecified atom stereocenters. The Bertz CT molecular complexity index is 427. The van der Waals surface area contributed by atoms with Crippen LogP contribution in [0, 0.1) is 10.1 Å². The van der Waals surface area contributed by atoms with Gasteiger partial charge in [-0.15, -0.1) is 0 Å². The molecule has 0 bridgehead atoms. The highest BCUT2D eigenvalue weighted by Gasteiger charge is 2.21. The molecule has 8 heteroatoms. The summed E-state index contributed by atoms with van der Waals surface area (Å²) < 4.78 is 5.00. The highest BCUT2D eigenvalue weighted by Crippen LogP contribution is 2.25. The second-order valence-corrected chi connectivity index (χ2v) is 3.76. The number of aromatic nitrogens is 2. The van der Waals surface area contributed by atoms with Crippen molar-refractivity contribution >= 4 is 17.5 Å². The molecule has 19 heavy (non-hydrogen) atoms. The Kier molecular flexibility index (Phi) is 5.94. The zero-order chi connectivity index (χ0) is 14.3. The van der Waals surface area contributed by atoms with Gasteiger partial charge in [0.25, 0.3) is 0 Å². The van der Waals surface area contributed by atoms with E-state index in [9.17, 15) is 10.1 Å². The second kappa shape index (κ2) is 7.47. The molecule has 0 saturated carbocycles. The van der Waals surface area contributed by atoms with E-state index in [2.05, 4.69) is 15.3 Å². The molecule has 1 aromatic heterocycles. The summed E-state index contributed by atoms with van der Waals surface area (Å²) in [5.41, 5.74) is -0.0976. The van der Waals surface area contributed by atoms with Gasteiger partial charge in [-0.3, -0.25) is 10.1 Å². The summed E-state index contributed by atoms with van der Waals surface area (Å²) in [7, 11) is 1.59. The zero-order valence-corrected chi connectivity index (χ0v) is 11.4. The number of ether oxygens (including phenoxy) is 1. The van der Waals surface area contributed by atoms with Crippen LogP contribution in [-0.4, -0.2) is 48.2 Å². The van der Waals surface area contributed by atoms with E-state index < -0.39 is 4.92 Å². The first-order chi connectivity index (χ1) is 9.13. The largest absolute Gasteiger partial charge is 0.383 e. The maximum Gasteiger partial charge on any atom is 0.329 e. The molecule has 0 amide bonds. The predicted molar refractivity (Wildman–Crippen MR) is 72.6 cm³/mol. The minimum Gasteiger partial charge on any atom is -0.383 e. The quantitative estimate of drug-likeness (QED) is 0.561. The fraction of sp³-hybridized carbons (Fsp3) is 0.636. The van der Waals surface area contributed by atoms with Crippen LogP contribution in [0.2, 0.25) is 0 Å². The van der Waals surface area contributed by atoms with E-state index in [4.69, 9.17) is 4.74 Å². The van der Waals surface area contributed by atoms with E-state index in [1.165, 1.54) is 6.20 Å². The first-order valence-electron chi connectivity index (χ1n) is 6.13. The molecule has 0 aliphatic heterocycles. The summed E-state index contributed by atoms with van der Waals surface area (Å²) >= 11 is 0. The van der Waals surface area contributed by atoms with Crippen LogP contribution in [0.1, 0.15) is 13.8 Å². The maximum atomic E-state index is 11.0. The van der Waals surface area contributed by atoms with E-state index in [-0.39, 0.29) is 5.69 Å². The van der Waals surface area contributed by atoms with Gasteiger partial charge in [0.15, 0.2) is 0 Å². The lowest BCUT2D eigenvalue weighted by Gasteiger charge is -2.21. The van der Waals surface area contributed by atoms with Crippen molar-refractivity contribution in [3.63, 3.8) is 0 Å². The van der Waals surface area contributed by atoms with Crippen LogP contribution in [0.3, 0.4) is 0 Å². The van der Waals surface area contributed by atoms with Crippen molar-refractivity contribution in [3.05, 3.63) is 16.3 Å². The van der Waals surface area contributed by atoms with Gasteiger partial charge < -0.3 is 15.0 Å². The van der Waals surface area contributed by atoms with Crippen molar-refractivity contribution in [3.8, 4) is 0 Å². The van der Waals surface area contributed by atoms with Gasteiger partial charge in [0.1, 0.15) is 6.20 Å². The molecule has 1 aromatic rings. The molecule has 8 nitrogen and oxygen atoms in total. The van der Waals surface area contributed by atoms with Gasteiger partial charge >= 0.3 is 5.69 Å². The van der Waals surface area contributed by atoms with Crippen molar-refractivity contribution in [1.29, 1.82) is 0 Å². The first kappa shape index (κ1) is 15.1. The van der Waals surface area contributed by atoms with Crippen LogP contribution in [-0.2, 0) is 4.74 Å². The summed E-state index contributed by atoms with van der Waals surface area (Å²) in [5.74, 6) is 0.703. The molecule has 0 aromatic carbocycles. The van der Waals surface area contributed by atoms with Crippen LogP contribution >= 0.6 is 0 Å². The van der Waals surface area contributed by atoms with Gasteiger partial charge in [0, 0.05) is 26.7 Å². The predicted octanol–water partition coefficient (Wildman–Crippen LogP) is 1.29. The Morgan fingerprint density at radius 1 is 1.53 bits per heavy atom. The lowest BCUT2D eigenvalue weighted by molar-refractivity contribution is -0.384. The topological polar surface area (TPSA) is 93.4 Å². The molecule has 106 valence electrons. The Balaban J connectivity index is 3.10. The van der Waals surface area contributed by atoms with Crippen LogP contribution in [0.5, 0.6) is 0 Å². The van der Waals surface area contributed by atoms with Gasteiger partial charge in [-0.05, 0) is 13.8 Å². The number of anilines is 2. The second-order valence-electron chi connectivity index (χ2n) is 3.76. The number of nitro groups is 1. The summed E-state index contributed by atoms with van der Waals surface area (Å²) in [6.45, 7) is 6.09. The first-order valence-corrected chi connectivity index (χ1v) is 6.13. The van der Waals surface area contributed by atoms with Gasteiger partial charge in [-0.2, -0.15) is 4.98 Å². The molecule has 0 saturated heterocycles. The van der Waals surface area contributed by atoms with Gasteiger partial charge in [-0.1, -0.05) is 0 Å². The lowest BCUT2D eigenvalue weighted by atomic mass is 10.4. The SMILES string of the molecule is CCNc1ncc([N+](=O)[O-])c(N(CC)CCOC)n1. The number of hydrogen-bond acceptors (Lipinski definition) is 7. The number of rotatable bonds is 8. The average molecular weight is 269 g/mol. The van der Waals surface area contributed by atoms with Crippen molar-refractivity contribution < 1.29 is 9.66 Å². The number of nitrogens with zero attached hydrogens (tertiary/aromatic N) is 4. The molecule has 0 radical (unpaired) electrons. The Morgan fingerprint density at radius 3 is 2.79 bits per heavy atom. The molecule has 1 N–H and O–H groups in total. The Morgan fingerprint density at radius 2 is 2.26 bits per heavy atom. The Hall–Kier alpha value is -1.96. The van der Waals surface area contributed by atoms with E-state index >= 15 is 0 Å². The molecule has 1 heterocycles. The van der Waals surface area contributed by atoms with Crippen LogP contribution in [0.25, 0.3) is 0 Å². The third-order valence-corrected chi connectivity index (χ3v) is 2.53. The number of hydrogen-bond donors (Lipinski definition) is 1. The monoisotopic (exact) mass is 269 g/mol. The summed E-state index contributed by atoms with van der Waals surface area (Å²) in [4.78, 5) is 20.5. The van der Waals surface area contributed by atoms with Gasteiger partial charge in [0.05, 0.1) is 11.5 Å². The lowest BCUT2D eigenvalue weighted by Crippen LogP contribution is -2.28. The Labute approximate surface area is 112 Å². The summed E-state index contributed by atoms with van der Waals surface area (Å²) in [6.07, 6.45) is 1.23. The van der Waals surface area contributed by atoms with Crippen LogP contribution in [0.4, 0.5) is 17.5 Å². The van der Waals surface area contributed by atoms with Crippen LogP contribution in [0.15, 0.2) is 6.20 Å².